The van der Waals surface area contributed by atoms with E-state index in [1.807, 2.05) is 42.2 Å². The van der Waals surface area contributed by atoms with Crippen molar-refractivity contribution in [2.45, 2.75) is 45.7 Å². The highest BCUT2D eigenvalue weighted by Crippen LogP contribution is 2.31. The van der Waals surface area contributed by atoms with Crippen molar-refractivity contribution in [2.24, 2.45) is 0 Å². The van der Waals surface area contributed by atoms with Crippen molar-refractivity contribution in [3.8, 4) is 22.5 Å². The van der Waals surface area contributed by atoms with E-state index < -0.39 is 0 Å². The average molecular weight is 495 g/mol. The third-order valence-corrected chi connectivity index (χ3v) is 6.82. The molecule has 37 heavy (non-hydrogen) atoms. The summed E-state index contributed by atoms with van der Waals surface area (Å²) in [6.07, 6.45) is 9.55. The number of pyridine rings is 1. The molecule has 0 unspecified atom stereocenters. The maximum atomic E-state index is 4.80. The number of hydrogen-bond acceptors (Lipinski definition) is 7. The van der Waals surface area contributed by atoms with Crippen molar-refractivity contribution in [3.63, 3.8) is 0 Å². The number of hydrogen-bond donors (Lipinski definition) is 2. The van der Waals surface area contributed by atoms with Crippen LogP contribution in [0.1, 0.15) is 33.6 Å². The zero-order valence-corrected chi connectivity index (χ0v) is 21.8. The lowest BCUT2D eigenvalue weighted by Gasteiger charge is -2.41. The number of aromatic nitrogens is 5. The molecule has 1 aliphatic rings. The van der Waals surface area contributed by atoms with Crippen LogP contribution in [-0.4, -0.2) is 43.4 Å². The fraction of sp³-hybridized carbons (Fsp3) is 0.310. The molecule has 0 saturated carbocycles. The Labute approximate surface area is 218 Å². The fourth-order valence-electron chi connectivity index (χ4n) is 4.84. The maximum Gasteiger partial charge on any atom is 0.227 e. The minimum absolute atomic E-state index is 0.122. The lowest BCUT2D eigenvalue weighted by Crippen LogP contribution is -2.50. The van der Waals surface area contributed by atoms with Gasteiger partial charge in [0.25, 0.3) is 0 Å². The van der Waals surface area contributed by atoms with E-state index in [1.54, 1.807) is 12.4 Å². The highest BCUT2D eigenvalue weighted by molar-refractivity contribution is 5.78. The Bertz CT molecular complexity index is 1350. The zero-order valence-electron chi connectivity index (χ0n) is 21.8. The largest absolute Gasteiger partial charge is 0.384 e. The number of rotatable bonds is 8. The molecule has 0 spiro atoms. The van der Waals surface area contributed by atoms with Crippen LogP contribution in [-0.2, 0) is 6.54 Å². The average Bonchev–Trinajstić information content (AvgIpc) is 3.35. The highest BCUT2D eigenvalue weighted by Gasteiger charge is 2.29. The zero-order chi connectivity index (χ0) is 25.8. The second-order valence-corrected chi connectivity index (χ2v) is 9.88. The van der Waals surface area contributed by atoms with Gasteiger partial charge in [-0.1, -0.05) is 6.58 Å². The number of nitrogens with zero attached hydrogens (tertiary/aromatic N) is 6. The summed E-state index contributed by atoms with van der Waals surface area (Å²) in [5, 5.41) is 11.7. The Balaban J connectivity index is 1.30. The van der Waals surface area contributed by atoms with Crippen LogP contribution in [0.25, 0.3) is 22.5 Å². The maximum absolute atomic E-state index is 4.80. The smallest absolute Gasteiger partial charge is 0.227 e. The summed E-state index contributed by atoms with van der Waals surface area (Å²) in [5.74, 6) is 0.547. The van der Waals surface area contributed by atoms with E-state index in [-0.39, 0.29) is 5.54 Å². The Morgan fingerprint density at radius 3 is 2.54 bits per heavy atom. The molecule has 0 atom stereocenters. The molecule has 1 aliphatic heterocycles. The summed E-state index contributed by atoms with van der Waals surface area (Å²) < 4.78 is 1.92. The van der Waals surface area contributed by atoms with E-state index in [0.29, 0.717) is 5.95 Å². The minimum atomic E-state index is 0.122. The van der Waals surface area contributed by atoms with Gasteiger partial charge in [-0.2, -0.15) is 5.10 Å². The number of piperidine rings is 1. The van der Waals surface area contributed by atoms with Gasteiger partial charge in [-0.3, -0.25) is 9.67 Å². The first-order valence-corrected chi connectivity index (χ1v) is 12.8. The summed E-state index contributed by atoms with van der Waals surface area (Å²) >= 11 is 0. The third kappa shape index (κ3) is 5.63. The number of allylic oxidation sites excluding steroid dienone is 1. The topological polar surface area (TPSA) is 83.8 Å². The van der Waals surface area contributed by atoms with E-state index in [0.717, 1.165) is 66.4 Å². The van der Waals surface area contributed by atoms with E-state index in [2.05, 4.69) is 70.2 Å². The number of aryl methyl sites for hydroxylation is 1. The Kier molecular flexibility index (Phi) is 6.90. The Hall–Kier alpha value is -4.20. The molecule has 0 aliphatic carbocycles. The second kappa shape index (κ2) is 10.4. The molecular weight excluding hydrogens is 460 g/mol. The van der Waals surface area contributed by atoms with Crippen LogP contribution in [0.15, 0.2) is 79.5 Å². The molecule has 0 bridgehead atoms. The molecule has 1 fully saturated rings. The van der Waals surface area contributed by atoms with E-state index in [9.17, 15) is 0 Å². The molecule has 4 heterocycles. The molecule has 8 nitrogen and oxygen atoms in total. The molecule has 0 radical (unpaired) electrons. The van der Waals surface area contributed by atoms with Crippen LogP contribution in [0, 0.1) is 0 Å². The van der Waals surface area contributed by atoms with Gasteiger partial charge in [0.05, 0.1) is 5.69 Å². The lowest BCUT2D eigenvalue weighted by atomic mass is 9.89. The SMILES string of the molecule is C=C(C)NC1(C)CCN(c2ccc(Nc3nccc(-c4cn(CC)nc4-c4cccnc4)n3)cc2)CC1. The van der Waals surface area contributed by atoms with Crippen molar-refractivity contribution in [1.29, 1.82) is 0 Å². The van der Waals surface area contributed by atoms with E-state index in [1.165, 1.54) is 5.69 Å². The van der Waals surface area contributed by atoms with Crippen LogP contribution in [0.2, 0.25) is 0 Å². The highest BCUT2D eigenvalue weighted by atomic mass is 15.3. The quantitative estimate of drug-likeness (QED) is 0.328. The summed E-state index contributed by atoms with van der Waals surface area (Å²) in [5.41, 5.74) is 6.92. The van der Waals surface area contributed by atoms with E-state index >= 15 is 0 Å². The van der Waals surface area contributed by atoms with Crippen molar-refractivity contribution in [3.05, 3.63) is 79.5 Å². The molecule has 3 aromatic heterocycles. The number of anilines is 3. The monoisotopic (exact) mass is 494 g/mol. The standard InChI is InChI=1S/C29H34N8/c1-5-37-20-25(27(35-37)22-7-6-15-30-19-22)26-12-16-31-28(33-26)32-23-8-10-24(11-9-23)36-17-13-29(4,14-18-36)34-21(2)3/h6-12,15-16,19-20,34H,2,5,13-14,17-18H2,1,3-4H3,(H,31,32,33). The van der Waals surface area contributed by atoms with Gasteiger partial charge in [-0.15, -0.1) is 0 Å². The third-order valence-electron chi connectivity index (χ3n) is 6.82. The molecule has 2 N–H and O–H groups in total. The van der Waals surface area contributed by atoms with Crippen LogP contribution in [0.3, 0.4) is 0 Å². The van der Waals surface area contributed by atoms with Gasteiger partial charge < -0.3 is 15.5 Å². The summed E-state index contributed by atoms with van der Waals surface area (Å²) in [4.78, 5) is 16.0. The van der Waals surface area contributed by atoms with Gasteiger partial charge in [0.15, 0.2) is 0 Å². The summed E-state index contributed by atoms with van der Waals surface area (Å²) in [6.45, 7) is 13.2. The van der Waals surface area contributed by atoms with Crippen molar-refractivity contribution in [1.82, 2.24) is 30.0 Å². The molecule has 1 saturated heterocycles. The predicted molar refractivity (Wildman–Crippen MR) is 150 cm³/mol. The number of benzene rings is 1. The predicted octanol–water partition coefficient (Wildman–Crippen LogP) is 5.65. The summed E-state index contributed by atoms with van der Waals surface area (Å²) in [6, 6.07) is 14.3. The van der Waals surface area contributed by atoms with Gasteiger partial charge in [-0.05, 0) is 76.1 Å². The van der Waals surface area contributed by atoms with Gasteiger partial charge in [0.1, 0.15) is 5.69 Å². The molecular formula is C29H34N8. The van der Waals surface area contributed by atoms with E-state index in [4.69, 9.17) is 10.1 Å². The molecule has 8 heteroatoms. The van der Waals surface area contributed by atoms with Gasteiger partial charge in [0.2, 0.25) is 5.95 Å². The van der Waals surface area contributed by atoms with Crippen LogP contribution < -0.4 is 15.5 Å². The van der Waals surface area contributed by atoms with Crippen molar-refractivity contribution in [2.75, 3.05) is 23.3 Å². The molecule has 5 rings (SSSR count). The van der Waals surface area contributed by atoms with Gasteiger partial charge in [0, 0.05) is 78.2 Å². The Morgan fingerprint density at radius 1 is 1.08 bits per heavy atom. The normalized spacial score (nSPS) is 14.8. The molecule has 190 valence electrons. The second-order valence-electron chi connectivity index (χ2n) is 9.88. The minimum Gasteiger partial charge on any atom is -0.384 e. The van der Waals surface area contributed by atoms with Crippen LogP contribution in [0.5, 0.6) is 0 Å². The first kappa shape index (κ1) is 24.5. The van der Waals surface area contributed by atoms with Crippen LogP contribution >= 0.6 is 0 Å². The Morgan fingerprint density at radius 2 is 1.86 bits per heavy atom. The van der Waals surface area contributed by atoms with Crippen LogP contribution in [0.4, 0.5) is 17.3 Å². The lowest BCUT2D eigenvalue weighted by molar-refractivity contribution is 0.309. The summed E-state index contributed by atoms with van der Waals surface area (Å²) in [7, 11) is 0. The molecule has 0 amide bonds. The van der Waals surface area contributed by atoms with Gasteiger partial charge in [-0.25, -0.2) is 9.97 Å². The number of nitrogens with one attached hydrogen (secondary N) is 2. The van der Waals surface area contributed by atoms with Gasteiger partial charge >= 0.3 is 0 Å². The van der Waals surface area contributed by atoms with Crippen molar-refractivity contribution >= 4 is 17.3 Å². The first-order chi connectivity index (χ1) is 17.9. The fourth-order valence-corrected chi connectivity index (χ4v) is 4.84. The van der Waals surface area contributed by atoms with Crippen molar-refractivity contribution < 1.29 is 0 Å². The molecule has 1 aromatic carbocycles. The molecule has 4 aromatic rings. The first-order valence-electron chi connectivity index (χ1n) is 12.8.